The molecule has 1 amide bonds. The summed E-state index contributed by atoms with van der Waals surface area (Å²) in [4.78, 5) is 26.6. The van der Waals surface area contributed by atoms with Gasteiger partial charge in [0.2, 0.25) is 0 Å². The average Bonchev–Trinajstić information content (AvgIpc) is 3.15. The van der Waals surface area contributed by atoms with Gasteiger partial charge < -0.3 is 9.64 Å². The van der Waals surface area contributed by atoms with E-state index in [9.17, 15) is 14.9 Å². The number of thiocarbonyl (C=S) groups is 1. The number of ether oxygens (including phenoxy) is 1. The molecular formula is C15H18N8O4S. The normalized spacial score (nSPS) is 13.8. The summed E-state index contributed by atoms with van der Waals surface area (Å²) in [5.41, 5.74) is 0.531. The average molecular weight is 406 g/mol. The Labute approximate surface area is 165 Å². The minimum Gasteiger partial charge on any atom is -0.378 e. The molecule has 1 fully saturated rings. The van der Waals surface area contributed by atoms with Gasteiger partial charge in [0.05, 0.1) is 35.9 Å². The zero-order chi connectivity index (χ0) is 20.1. The second kappa shape index (κ2) is 8.67. The van der Waals surface area contributed by atoms with Crippen LogP contribution in [-0.2, 0) is 11.3 Å². The van der Waals surface area contributed by atoms with Crippen LogP contribution in [0.4, 0.5) is 17.3 Å². The summed E-state index contributed by atoms with van der Waals surface area (Å²) < 4.78 is 5.32. The van der Waals surface area contributed by atoms with E-state index in [1.807, 2.05) is 11.8 Å². The number of carbonyl (C=O) groups excluding carboxylic acids is 1. The number of amides is 1. The van der Waals surface area contributed by atoms with Crippen molar-refractivity contribution >= 4 is 40.6 Å². The molecule has 0 bridgehead atoms. The van der Waals surface area contributed by atoms with E-state index in [0.717, 1.165) is 0 Å². The lowest BCUT2D eigenvalue weighted by Crippen LogP contribution is -2.39. The molecule has 0 saturated carbocycles. The predicted molar refractivity (Wildman–Crippen MR) is 103 cm³/mol. The number of nitrogens with one attached hydrogen (secondary N) is 2. The molecule has 12 nitrogen and oxygen atoms in total. The molecular weight excluding hydrogens is 388 g/mol. The fourth-order valence-corrected chi connectivity index (χ4v) is 2.81. The van der Waals surface area contributed by atoms with E-state index in [-0.39, 0.29) is 22.3 Å². The Morgan fingerprint density at radius 3 is 2.79 bits per heavy atom. The summed E-state index contributed by atoms with van der Waals surface area (Å²) in [5.74, 6) is -0.440. The summed E-state index contributed by atoms with van der Waals surface area (Å²) >= 11 is 5.11. The van der Waals surface area contributed by atoms with Crippen LogP contribution in [0.15, 0.2) is 18.2 Å². The van der Waals surface area contributed by atoms with Gasteiger partial charge in [-0.15, -0.1) is 5.10 Å². The Kier molecular flexibility index (Phi) is 6.06. The number of nitro benzene ring substituents is 1. The number of nitrogens with zero attached hydrogens (tertiary/aromatic N) is 6. The third-order valence-corrected chi connectivity index (χ3v) is 4.18. The van der Waals surface area contributed by atoms with Crippen LogP contribution < -0.4 is 15.5 Å². The molecule has 148 valence electrons. The highest BCUT2D eigenvalue weighted by atomic mass is 32.1. The molecule has 1 aromatic carbocycles. The molecule has 2 heterocycles. The van der Waals surface area contributed by atoms with E-state index in [1.54, 1.807) is 6.07 Å². The largest absolute Gasteiger partial charge is 0.378 e. The van der Waals surface area contributed by atoms with Crippen molar-refractivity contribution in [2.75, 3.05) is 36.5 Å². The molecule has 2 aromatic rings. The van der Waals surface area contributed by atoms with Crippen molar-refractivity contribution in [2.45, 2.75) is 13.5 Å². The van der Waals surface area contributed by atoms with E-state index in [0.29, 0.717) is 38.5 Å². The first-order chi connectivity index (χ1) is 13.5. The Morgan fingerprint density at radius 2 is 2.14 bits per heavy atom. The highest BCUT2D eigenvalue weighted by Gasteiger charge is 2.22. The van der Waals surface area contributed by atoms with Crippen LogP contribution >= 0.6 is 12.2 Å². The maximum absolute atomic E-state index is 12.8. The summed E-state index contributed by atoms with van der Waals surface area (Å²) in [6.45, 7) is 4.55. The summed E-state index contributed by atoms with van der Waals surface area (Å²) in [6, 6.07) is 4.16. The van der Waals surface area contributed by atoms with Gasteiger partial charge in [0.25, 0.3) is 17.5 Å². The van der Waals surface area contributed by atoms with Gasteiger partial charge in [-0.25, -0.2) is 0 Å². The standard InChI is InChI=1S/C15H18N8O4S/c1-2-22-19-14(18-20-22)17-15(28)16-13(24)11-9-10(23(25)26)3-4-12(11)21-5-7-27-8-6-21/h3-4,9H,2,5-8H2,1H3,(H2,16,17,19,24,28). The number of non-ortho nitro benzene ring substituents is 1. The van der Waals surface area contributed by atoms with Gasteiger partial charge in [-0.05, 0) is 30.4 Å². The zero-order valence-corrected chi connectivity index (χ0v) is 15.8. The third-order valence-electron chi connectivity index (χ3n) is 3.98. The maximum atomic E-state index is 12.8. The number of hydrogen-bond acceptors (Lipinski definition) is 9. The summed E-state index contributed by atoms with van der Waals surface area (Å²) in [7, 11) is 0. The van der Waals surface area contributed by atoms with E-state index in [4.69, 9.17) is 17.0 Å². The van der Waals surface area contributed by atoms with Gasteiger partial charge in [0.1, 0.15) is 0 Å². The number of tetrazole rings is 1. The molecule has 1 aromatic heterocycles. The fraction of sp³-hybridized carbons (Fsp3) is 0.400. The van der Waals surface area contributed by atoms with Crippen molar-refractivity contribution < 1.29 is 14.5 Å². The molecule has 0 atom stereocenters. The number of nitro groups is 1. The SMILES string of the molecule is CCn1nnc(NC(=S)NC(=O)c2cc([N+](=O)[O-])ccc2N2CCOCC2)n1. The number of aryl methyl sites for hydroxylation is 1. The Bertz CT molecular complexity index is 896. The summed E-state index contributed by atoms with van der Waals surface area (Å²) in [6.07, 6.45) is 0. The third kappa shape index (κ3) is 4.55. The summed E-state index contributed by atoms with van der Waals surface area (Å²) in [5, 5.41) is 27.8. The van der Waals surface area contributed by atoms with E-state index in [2.05, 4.69) is 26.0 Å². The van der Waals surface area contributed by atoms with Gasteiger partial charge in [-0.1, -0.05) is 5.10 Å². The van der Waals surface area contributed by atoms with Crippen molar-refractivity contribution in [3.8, 4) is 0 Å². The zero-order valence-electron chi connectivity index (χ0n) is 15.0. The Morgan fingerprint density at radius 1 is 1.39 bits per heavy atom. The van der Waals surface area contributed by atoms with Crippen LogP contribution in [0.1, 0.15) is 17.3 Å². The van der Waals surface area contributed by atoms with Crippen LogP contribution in [0.3, 0.4) is 0 Å². The van der Waals surface area contributed by atoms with Crippen molar-refractivity contribution in [3.63, 3.8) is 0 Å². The molecule has 1 saturated heterocycles. The minimum absolute atomic E-state index is 0.0416. The fourth-order valence-electron chi connectivity index (χ4n) is 2.63. The van der Waals surface area contributed by atoms with Crippen molar-refractivity contribution in [3.05, 3.63) is 33.9 Å². The number of carbonyl (C=O) groups is 1. The molecule has 13 heteroatoms. The molecule has 2 N–H and O–H groups in total. The van der Waals surface area contributed by atoms with Crippen LogP contribution in [-0.4, -0.2) is 62.5 Å². The first-order valence-corrected chi connectivity index (χ1v) is 8.90. The van der Waals surface area contributed by atoms with E-state index < -0.39 is 10.8 Å². The molecule has 0 unspecified atom stereocenters. The molecule has 1 aliphatic heterocycles. The molecule has 0 aliphatic carbocycles. The van der Waals surface area contributed by atoms with Crippen LogP contribution in [0.2, 0.25) is 0 Å². The van der Waals surface area contributed by atoms with Crippen LogP contribution in [0, 0.1) is 10.1 Å². The molecule has 28 heavy (non-hydrogen) atoms. The van der Waals surface area contributed by atoms with Crippen LogP contribution in [0.5, 0.6) is 0 Å². The predicted octanol–water partition coefficient (Wildman–Crippen LogP) is 0.565. The monoisotopic (exact) mass is 406 g/mol. The van der Waals surface area contributed by atoms with Crippen LogP contribution in [0.25, 0.3) is 0 Å². The lowest BCUT2D eigenvalue weighted by atomic mass is 10.1. The Hall–Kier alpha value is -3.19. The molecule has 0 radical (unpaired) electrons. The van der Waals surface area contributed by atoms with Crippen molar-refractivity contribution in [2.24, 2.45) is 0 Å². The highest BCUT2D eigenvalue weighted by molar-refractivity contribution is 7.80. The second-order valence-corrected chi connectivity index (χ2v) is 6.18. The smallest absolute Gasteiger partial charge is 0.270 e. The Balaban J connectivity index is 1.78. The van der Waals surface area contributed by atoms with Gasteiger partial charge in [0.15, 0.2) is 5.11 Å². The molecule has 3 rings (SSSR count). The van der Waals surface area contributed by atoms with Crippen molar-refractivity contribution in [1.82, 2.24) is 25.5 Å². The minimum atomic E-state index is -0.578. The van der Waals surface area contributed by atoms with Gasteiger partial charge in [-0.3, -0.25) is 25.5 Å². The number of morpholine rings is 1. The number of hydrogen-bond donors (Lipinski definition) is 2. The van der Waals surface area contributed by atoms with E-state index >= 15 is 0 Å². The first-order valence-electron chi connectivity index (χ1n) is 8.49. The molecule has 0 spiro atoms. The highest BCUT2D eigenvalue weighted by Crippen LogP contribution is 2.26. The lowest BCUT2D eigenvalue weighted by molar-refractivity contribution is -0.384. The number of rotatable bonds is 5. The van der Waals surface area contributed by atoms with E-state index in [1.165, 1.54) is 16.9 Å². The number of anilines is 2. The van der Waals surface area contributed by atoms with Gasteiger partial charge in [-0.2, -0.15) is 4.80 Å². The second-order valence-electron chi connectivity index (χ2n) is 5.77. The number of aromatic nitrogens is 4. The first kappa shape index (κ1) is 19.6. The topological polar surface area (TPSA) is 140 Å². The lowest BCUT2D eigenvalue weighted by Gasteiger charge is -2.30. The number of benzene rings is 1. The van der Waals surface area contributed by atoms with Gasteiger partial charge in [0, 0.05) is 25.2 Å². The van der Waals surface area contributed by atoms with Crippen molar-refractivity contribution in [1.29, 1.82) is 0 Å². The quantitative estimate of drug-likeness (QED) is 0.411. The van der Waals surface area contributed by atoms with Gasteiger partial charge >= 0.3 is 0 Å². The maximum Gasteiger partial charge on any atom is 0.270 e. The molecule has 1 aliphatic rings.